The molecule has 2 aromatic carbocycles. The summed E-state index contributed by atoms with van der Waals surface area (Å²) < 4.78 is 5.92. The number of nitrogens with one attached hydrogen (secondary N) is 1. The lowest BCUT2D eigenvalue weighted by molar-refractivity contribution is -0.129. The summed E-state index contributed by atoms with van der Waals surface area (Å²) in [5, 5.41) is 2.92. The smallest absolute Gasteiger partial charge is 0.229 e. The molecule has 136 valence electrons. The molecular weight excluding hydrogens is 328 g/mol. The molecular formula is C21H24N2O3. The van der Waals surface area contributed by atoms with E-state index in [2.05, 4.69) is 5.32 Å². The van der Waals surface area contributed by atoms with Crippen molar-refractivity contribution in [1.82, 2.24) is 4.90 Å². The summed E-state index contributed by atoms with van der Waals surface area (Å²) in [4.78, 5) is 26.4. The first-order valence-electron chi connectivity index (χ1n) is 8.88. The Hall–Kier alpha value is -2.82. The van der Waals surface area contributed by atoms with Gasteiger partial charge in [0.05, 0.1) is 11.6 Å². The lowest BCUT2D eigenvalue weighted by Gasteiger charge is -2.21. The van der Waals surface area contributed by atoms with Gasteiger partial charge in [0.2, 0.25) is 11.8 Å². The average molecular weight is 352 g/mol. The van der Waals surface area contributed by atoms with Crippen molar-refractivity contribution in [3.63, 3.8) is 0 Å². The van der Waals surface area contributed by atoms with Crippen molar-refractivity contribution in [3.8, 4) is 11.5 Å². The Labute approximate surface area is 154 Å². The van der Waals surface area contributed by atoms with Gasteiger partial charge in [-0.2, -0.15) is 0 Å². The second-order valence-corrected chi connectivity index (χ2v) is 6.94. The number of aryl methyl sites for hydroxylation is 1. The molecule has 1 unspecified atom stereocenters. The van der Waals surface area contributed by atoms with E-state index in [0.717, 1.165) is 5.56 Å². The van der Waals surface area contributed by atoms with E-state index < -0.39 is 0 Å². The average Bonchev–Trinajstić information content (AvgIpc) is 3.01. The molecule has 2 amide bonds. The first kappa shape index (κ1) is 18.0. The van der Waals surface area contributed by atoms with Gasteiger partial charge in [-0.25, -0.2) is 0 Å². The van der Waals surface area contributed by atoms with Gasteiger partial charge in [0.25, 0.3) is 0 Å². The molecule has 0 aliphatic carbocycles. The maximum atomic E-state index is 12.6. The summed E-state index contributed by atoms with van der Waals surface area (Å²) in [6.07, 6.45) is 0.255. The molecule has 0 spiro atoms. The summed E-state index contributed by atoms with van der Waals surface area (Å²) in [5.41, 5.74) is 1.76. The molecule has 1 atom stereocenters. The summed E-state index contributed by atoms with van der Waals surface area (Å²) in [7, 11) is 0. The molecule has 1 aliphatic heterocycles. The van der Waals surface area contributed by atoms with E-state index in [1.54, 1.807) is 11.0 Å². The van der Waals surface area contributed by atoms with Gasteiger partial charge in [-0.15, -0.1) is 0 Å². The van der Waals surface area contributed by atoms with E-state index in [-0.39, 0.29) is 30.2 Å². The molecule has 1 saturated heterocycles. The number of likely N-dealkylation sites (tertiary alicyclic amines) is 1. The highest BCUT2D eigenvalue weighted by Gasteiger charge is 2.35. The Bertz CT molecular complexity index is 799. The van der Waals surface area contributed by atoms with Crippen LogP contribution in [0.4, 0.5) is 5.69 Å². The third-order valence-electron chi connectivity index (χ3n) is 4.55. The van der Waals surface area contributed by atoms with Gasteiger partial charge in [0.1, 0.15) is 5.75 Å². The summed E-state index contributed by atoms with van der Waals surface area (Å²) in [6.45, 7) is 6.40. The van der Waals surface area contributed by atoms with Crippen molar-refractivity contribution >= 4 is 17.5 Å². The first-order chi connectivity index (χ1) is 12.4. The second-order valence-electron chi connectivity index (χ2n) is 6.94. The van der Waals surface area contributed by atoms with Crippen LogP contribution < -0.4 is 10.1 Å². The summed E-state index contributed by atoms with van der Waals surface area (Å²) in [6, 6.07) is 15.2. The zero-order valence-electron chi connectivity index (χ0n) is 15.4. The van der Waals surface area contributed by atoms with Crippen molar-refractivity contribution in [2.24, 2.45) is 5.92 Å². The van der Waals surface area contributed by atoms with Crippen LogP contribution in [-0.4, -0.2) is 29.3 Å². The van der Waals surface area contributed by atoms with Crippen LogP contribution in [-0.2, 0) is 9.59 Å². The number of rotatable bonds is 5. The van der Waals surface area contributed by atoms with Crippen LogP contribution in [0.15, 0.2) is 48.5 Å². The highest BCUT2D eigenvalue weighted by Crippen LogP contribution is 2.30. The molecule has 5 nitrogen and oxygen atoms in total. The van der Waals surface area contributed by atoms with E-state index in [4.69, 9.17) is 4.74 Å². The van der Waals surface area contributed by atoms with Gasteiger partial charge in [-0.3, -0.25) is 9.59 Å². The topological polar surface area (TPSA) is 58.6 Å². The maximum Gasteiger partial charge on any atom is 0.229 e. The third kappa shape index (κ3) is 4.04. The minimum Gasteiger partial charge on any atom is -0.455 e. The Morgan fingerprint density at radius 3 is 2.50 bits per heavy atom. The maximum absolute atomic E-state index is 12.6. The van der Waals surface area contributed by atoms with Crippen LogP contribution in [0.5, 0.6) is 11.5 Å². The van der Waals surface area contributed by atoms with Crippen molar-refractivity contribution in [1.29, 1.82) is 0 Å². The van der Waals surface area contributed by atoms with Gasteiger partial charge >= 0.3 is 0 Å². The van der Waals surface area contributed by atoms with E-state index in [1.165, 1.54) is 0 Å². The zero-order chi connectivity index (χ0) is 18.7. The fraction of sp³-hybridized carbons (Fsp3) is 0.333. The number of ether oxygens (including phenoxy) is 1. The Balaban J connectivity index is 1.71. The molecule has 2 aromatic rings. The van der Waals surface area contributed by atoms with Gasteiger partial charge in [-0.05, 0) is 45.0 Å². The fourth-order valence-corrected chi connectivity index (χ4v) is 3.03. The minimum absolute atomic E-state index is 0.0318. The van der Waals surface area contributed by atoms with E-state index >= 15 is 0 Å². The highest BCUT2D eigenvalue weighted by molar-refractivity contribution is 5.98. The molecule has 0 radical (unpaired) electrons. The summed E-state index contributed by atoms with van der Waals surface area (Å²) >= 11 is 0. The van der Waals surface area contributed by atoms with Crippen LogP contribution in [0, 0.1) is 12.8 Å². The largest absolute Gasteiger partial charge is 0.455 e. The third-order valence-corrected chi connectivity index (χ3v) is 4.55. The van der Waals surface area contributed by atoms with Crippen LogP contribution >= 0.6 is 0 Å². The molecule has 1 fully saturated rings. The van der Waals surface area contributed by atoms with Gasteiger partial charge in [0, 0.05) is 19.0 Å². The standard InChI is InChI=1S/C21H24N2O3/c1-14(2)23-13-16(12-20(23)24)21(25)22-18-6-4-5-7-19(18)26-17-10-8-15(3)9-11-17/h4-11,14,16H,12-13H2,1-3H3,(H,22,25). The summed E-state index contributed by atoms with van der Waals surface area (Å²) in [5.74, 6) is 0.831. The minimum atomic E-state index is -0.336. The van der Waals surface area contributed by atoms with Crippen molar-refractivity contribution in [2.75, 3.05) is 11.9 Å². The number of para-hydroxylation sites is 2. The first-order valence-corrected chi connectivity index (χ1v) is 8.88. The number of hydrogen-bond donors (Lipinski definition) is 1. The van der Waals surface area contributed by atoms with Crippen molar-refractivity contribution in [2.45, 2.75) is 33.2 Å². The number of carbonyl (C=O) groups is 2. The van der Waals surface area contributed by atoms with Crippen LogP contribution in [0.1, 0.15) is 25.8 Å². The Morgan fingerprint density at radius 1 is 1.15 bits per heavy atom. The van der Waals surface area contributed by atoms with E-state index in [9.17, 15) is 9.59 Å². The molecule has 0 saturated carbocycles. The van der Waals surface area contributed by atoms with Crippen molar-refractivity contribution < 1.29 is 14.3 Å². The highest BCUT2D eigenvalue weighted by atomic mass is 16.5. The molecule has 1 N–H and O–H groups in total. The number of benzene rings is 2. The monoisotopic (exact) mass is 352 g/mol. The second kappa shape index (κ2) is 7.60. The predicted octanol–water partition coefficient (Wildman–Crippen LogP) is 3.98. The van der Waals surface area contributed by atoms with Crippen molar-refractivity contribution in [3.05, 3.63) is 54.1 Å². The van der Waals surface area contributed by atoms with Crippen LogP contribution in [0.25, 0.3) is 0 Å². The molecule has 26 heavy (non-hydrogen) atoms. The lowest BCUT2D eigenvalue weighted by atomic mass is 10.1. The lowest BCUT2D eigenvalue weighted by Crippen LogP contribution is -2.33. The number of amides is 2. The molecule has 0 aromatic heterocycles. The van der Waals surface area contributed by atoms with Gasteiger partial charge in [0.15, 0.2) is 5.75 Å². The number of carbonyl (C=O) groups excluding carboxylic acids is 2. The molecule has 0 bridgehead atoms. The SMILES string of the molecule is Cc1ccc(Oc2ccccc2NC(=O)C2CC(=O)N(C(C)C)C2)cc1. The van der Waals surface area contributed by atoms with Gasteiger partial charge in [-0.1, -0.05) is 29.8 Å². The predicted molar refractivity (Wildman–Crippen MR) is 101 cm³/mol. The number of nitrogens with zero attached hydrogens (tertiary/aromatic N) is 1. The zero-order valence-corrected chi connectivity index (χ0v) is 15.4. The fourth-order valence-electron chi connectivity index (χ4n) is 3.03. The quantitative estimate of drug-likeness (QED) is 0.885. The van der Waals surface area contributed by atoms with Gasteiger partial charge < -0.3 is 15.0 Å². The molecule has 1 heterocycles. The normalized spacial score (nSPS) is 16.8. The van der Waals surface area contributed by atoms with Crippen LogP contribution in [0.2, 0.25) is 0 Å². The van der Waals surface area contributed by atoms with E-state index in [0.29, 0.717) is 23.7 Å². The Morgan fingerprint density at radius 2 is 1.85 bits per heavy atom. The van der Waals surface area contributed by atoms with Crippen LogP contribution in [0.3, 0.4) is 0 Å². The molecule has 3 rings (SSSR count). The molecule has 1 aliphatic rings. The number of anilines is 1. The number of hydrogen-bond acceptors (Lipinski definition) is 3. The Kier molecular flexibility index (Phi) is 5.26. The molecule has 5 heteroatoms. The van der Waals surface area contributed by atoms with E-state index in [1.807, 2.05) is 63.2 Å².